The van der Waals surface area contributed by atoms with Crippen molar-refractivity contribution in [2.75, 3.05) is 0 Å². The van der Waals surface area contributed by atoms with E-state index in [0.29, 0.717) is 6.54 Å². The minimum Gasteiger partial charge on any atom is -0.349 e. The molecule has 1 amide bonds. The zero-order valence-electron chi connectivity index (χ0n) is 14.6. The molecule has 9 heteroatoms. The molecule has 0 saturated carbocycles. The third kappa shape index (κ3) is 3.55. The quantitative estimate of drug-likeness (QED) is 0.571. The van der Waals surface area contributed by atoms with Crippen LogP contribution in [0.4, 0.5) is 13.2 Å². The molecule has 1 aromatic carbocycles. The summed E-state index contributed by atoms with van der Waals surface area (Å²) in [5.74, 6) is 0.0161. The number of nitrogens with one attached hydrogen (secondary N) is 1. The van der Waals surface area contributed by atoms with Gasteiger partial charge in [0.1, 0.15) is 0 Å². The van der Waals surface area contributed by atoms with Gasteiger partial charge in [-0.1, -0.05) is 18.2 Å². The zero-order valence-corrected chi connectivity index (χ0v) is 14.6. The van der Waals surface area contributed by atoms with E-state index in [1.807, 2.05) is 41.1 Å². The largest absolute Gasteiger partial charge is 0.417 e. The third-order valence-corrected chi connectivity index (χ3v) is 4.50. The topological polar surface area (TPSA) is 64.2 Å². The van der Waals surface area contributed by atoms with Gasteiger partial charge in [-0.2, -0.15) is 13.2 Å². The van der Waals surface area contributed by atoms with Crippen LogP contribution in [-0.2, 0) is 24.1 Å². The van der Waals surface area contributed by atoms with Gasteiger partial charge < -0.3 is 9.88 Å². The van der Waals surface area contributed by atoms with E-state index in [0.717, 1.165) is 23.2 Å². The van der Waals surface area contributed by atoms with Crippen LogP contribution >= 0.6 is 0 Å². The number of rotatable bonds is 5. The summed E-state index contributed by atoms with van der Waals surface area (Å²) < 4.78 is 41.9. The monoisotopic (exact) mass is 387 g/mol. The molecule has 0 radical (unpaired) electrons. The summed E-state index contributed by atoms with van der Waals surface area (Å²) in [5, 5.41) is 11.5. The molecule has 0 fully saturated rings. The number of halogens is 3. The van der Waals surface area contributed by atoms with E-state index in [2.05, 4.69) is 15.5 Å². The second-order valence-corrected chi connectivity index (χ2v) is 6.35. The van der Waals surface area contributed by atoms with Crippen LogP contribution in [-0.4, -0.2) is 25.1 Å². The first-order chi connectivity index (χ1) is 13.4. The molecule has 0 aliphatic rings. The van der Waals surface area contributed by atoms with E-state index in [9.17, 15) is 18.0 Å². The van der Waals surface area contributed by atoms with E-state index in [-0.39, 0.29) is 30.3 Å². The van der Waals surface area contributed by atoms with Crippen LogP contribution in [0, 0.1) is 0 Å². The van der Waals surface area contributed by atoms with Gasteiger partial charge in [0.15, 0.2) is 11.5 Å². The number of fused-ring (bicyclic) bond motifs is 2. The number of carbonyl (C=O) groups excluding carboxylic acids is 1. The van der Waals surface area contributed by atoms with Crippen LogP contribution in [0.15, 0.2) is 54.9 Å². The lowest BCUT2D eigenvalue weighted by Crippen LogP contribution is -2.25. The predicted octanol–water partition coefficient (Wildman–Crippen LogP) is 3.41. The van der Waals surface area contributed by atoms with Crippen molar-refractivity contribution in [3.63, 3.8) is 0 Å². The lowest BCUT2D eigenvalue weighted by Gasteiger charge is -2.08. The molecule has 6 nitrogen and oxygen atoms in total. The van der Waals surface area contributed by atoms with Crippen LogP contribution < -0.4 is 5.32 Å². The Bertz CT molecular complexity index is 1150. The highest BCUT2D eigenvalue weighted by atomic mass is 19.4. The lowest BCUT2D eigenvalue weighted by molar-refractivity contribution is -0.137. The maximum absolute atomic E-state index is 12.9. The van der Waals surface area contributed by atoms with Gasteiger partial charge in [-0.3, -0.25) is 9.20 Å². The highest BCUT2D eigenvalue weighted by molar-refractivity contribution is 5.80. The van der Waals surface area contributed by atoms with Gasteiger partial charge in [0, 0.05) is 30.9 Å². The SMILES string of the molecule is O=C(CCn1ccc2ccccc21)NCc1nnc2ccc(C(F)(F)F)cn12. The predicted molar refractivity (Wildman–Crippen MR) is 96.4 cm³/mol. The van der Waals surface area contributed by atoms with Crippen molar-refractivity contribution in [1.82, 2.24) is 24.5 Å². The number of alkyl halides is 3. The van der Waals surface area contributed by atoms with Crippen molar-refractivity contribution in [1.29, 1.82) is 0 Å². The van der Waals surface area contributed by atoms with Gasteiger partial charge in [0.2, 0.25) is 5.91 Å². The lowest BCUT2D eigenvalue weighted by atomic mass is 10.2. The number of hydrogen-bond acceptors (Lipinski definition) is 3. The van der Waals surface area contributed by atoms with Gasteiger partial charge in [-0.05, 0) is 29.7 Å². The Morgan fingerprint density at radius 3 is 2.71 bits per heavy atom. The summed E-state index contributed by atoms with van der Waals surface area (Å²) in [6, 6.07) is 12.0. The first-order valence-electron chi connectivity index (χ1n) is 8.63. The molecular weight excluding hydrogens is 371 g/mol. The fourth-order valence-electron chi connectivity index (χ4n) is 3.05. The second-order valence-electron chi connectivity index (χ2n) is 6.35. The summed E-state index contributed by atoms with van der Waals surface area (Å²) in [5.41, 5.74) is 0.529. The average molecular weight is 387 g/mol. The van der Waals surface area contributed by atoms with Crippen molar-refractivity contribution >= 4 is 22.5 Å². The first kappa shape index (κ1) is 18.0. The minimum atomic E-state index is -4.46. The maximum atomic E-state index is 12.9. The summed E-state index contributed by atoms with van der Waals surface area (Å²) in [7, 11) is 0. The molecule has 3 heterocycles. The van der Waals surface area contributed by atoms with Crippen molar-refractivity contribution in [2.24, 2.45) is 0 Å². The summed E-state index contributed by atoms with van der Waals surface area (Å²) >= 11 is 0. The molecule has 3 aromatic heterocycles. The molecule has 0 spiro atoms. The van der Waals surface area contributed by atoms with Crippen molar-refractivity contribution < 1.29 is 18.0 Å². The summed E-state index contributed by atoms with van der Waals surface area (Å²) in [6.45, 7) is 0.492. The number of para-hydroxylation sites is 1. The Labute approximate surface area is 157 Å². The van der Waals surface area contributed by atoms with Gasteiger partial charge >= 0.3 is 6.18 Å². The Kier molecular flexibility index (Phi) is 4.50. The van der Waals surface area contributed by atoms with Gasteiger partial charge in [0.25, 0.3) is 0 Å². The van der Waals surface area contributed by atoms with Crippen LogP contribution in [0.1, 0.15) is 17.8 Å². The fraction of sp³-hybridized carbons (Fsp3) is 0.211. The molecule has 4 rings (SSSR count). The number of hydrogen-bond donors (Lipinski definition) is 1. The van der Waals surface area contributed by atoms with Crippen LogP contribution in [0.2, 0.25) is 0 Å². The minimum absolute atomic E-state index is 0.00621. The summed E-state index contributed by atoms with van der Waals surface area (Å²) in [4.78, 5) is 12.2. The standard InChI is InChI=1S/C19H16F3N5O/c20-19(21,22)14-5-6-16-24-25-17(27(16)12-14)11-23-18(28)8-10-26-9-7-13-3-1-2-4-15(13)26/h1-7,9,12H,8,10-11H2,(H,23,28). The molecule has 0 unspecified atom stereocenters. The van der Waals surface area contributed by atoms with Crippen LogP contribution in [0.5, 0.6) is 0 Å². The zero-order chi connectivity index (χ0) is 19.7. The van der Waals surface area contributed by atoms with E-state index in [1.54, 1.807) is 0 Å². The molecule has 144 valence electrons. The van der Waals surface area contributed by atoms with E-state index < -0.39 is 11.7 Å². The summed E-state index contributed by atoms with van der Waals surface area (Å²) in [6.07, 6.45) is -1.37. The third-order valence-electron chi connectivity index (χ3n) is 4.50. The van der Waals surface area contributed by atoms with Crippen molar-refractivity contribution in [2.45, 2.75) is 25.7 Å². The van der Waals surface area contributed by atoms with Crippen molar-refractivity contribution in [3.05, 3.63) is 66.2 Å². The Morgan fingerprint density at radius 1 is 1.07 bits per heavy atom. The number of carbonyl (C=O) groups is 1. The Morgan fingerprint density at radius 2 is 1.89 bits per heavy atom. The number of aromatic nitrogens is 4. The van der Waals surface area contributed by atoms with E-state index in [1.165, 1.54) is 10.5 Å². The molecule has 0 atom stereocenters. The number of nitrogens with zero attached hydrogens (tertiary/aromatic N) is 4. The number of aryl methyl sites for hydroxylation is 1. The molecule has 1 N–H and O–H groups in total. The number of amides is 1. The highest BCUT2D eigenvalue weighted by Gasteiger charge is 2.31. The normalized spacial score (nSPS) is 12.0. The molecule has 0 bridgehead atoms. The van der Waals surface area contributed by atoms with Gasteiger partial charge in [0.05, 0.1) is 12.1 Å². The smallest absolute Gasteiger partial charge is 0.349 e. The Balaban J connectivity index is 1.40. The maximum Gasteiger partial charge on any atom is 0.417 e. The average Bonchev–Trinajstić information content (AvgIpc) is 3.27. The van der Waals surface area contributed by atoms with Crippen LogP contribution in [0.3, 0.4) is 0 Å². The molecular formula is C19H16F3N5O. The molecule has 4 aromatic rings. The highest BCUT2D eigenvalue weighted by Crippen LogP contribution is 2.29. The number of pyridine rings is 1. The molecule has 0 aliphatic heterocycles. The van der Waals surface area contributed by atoms with Crippen molar-refractivity contribution in [3.8, 4) is 0 Å². The Hall–Kier alpha value is -3.36. The number of benzene rings is 1. The van der Waals surface area contributed by atoms with Gasteiger partial charge in [-0.25, -0.2) is 0 Å². The molecule has 28 heavy (non-hydrogen) atoms. The van der Waals surface area contributed by atoms with Gasteiger partial charge in [-0.15, -0.1) is 10.2 Å². The first-order valence-corrected chi connectivity index (χ1v) is 8.63. The molecule has 0 saturated heterocycles. The fourth-order valence-corrected chi connectivity index (χ4v) is 3.05. The second kappa shape index (κ2) is 6.99. The van der Waals surface area contributed by atoms with E-state index in [4.69, 9.17) is 0 Å². The van der Waals surface area contributed by atoms with Crippen LogP contribution in [0.25, 0.3) is 16.6 Å². The molecule has 0 aliphatic carbocycles. The van der Waals surface area contributed by atoms with E-state index >= 15 is 0 Å².